The molecule has 0 fully saturated rings. The van der Waals surface area contributed by atoms with Crippen molar-refractivity contribution in [3.8, 4) is 0 Å². The fourth-order valence-electron chi connectivity index (χ4n) is 0.953. The molecule has 88 valence electrons. The number of hydrazine groups is 1. The van der Waals surface area contributed by atoms with Gasteiger partial charge in [0, 0.05) is 17.0 Å². The second-order valence-corrected chi connectivity index (χ2v) is 3.74. The summed E-state index contributed by atoms with van der Waals surface area (Å²) in [5.41, 5.74) is -2.93. The zero-order chi connectivity index (χ0) is 12.3. The standard InChI is InChI=1S/C7H6F3N3O2S/c8-7(9,10)16-6-3-4(13(14)15)1-2-5(6)12-11/h1-3,12H,11H2. The van der Waals surface area contributed by atoms with Crippen molar-refractivity contribution in [3.63, 3.8) is 0 Å². The van der Waals surface area contributed by atoms with Gasteiger partial charge >= 0.3 is 5.51 Å². The first kappa shape index (κ1) is 12.6. The van der Waals surface area contributed by atoms with Crippen LogP contribution in [-0.4, -0.2) is 10.4 Å². The van der Waals surface area contributed by atoms with Crippen LogP contribution in [0.3, 0.4) is 0 Å². The van der Waals surface area contributed by atoms with Crippen LogP contribution >= 0.6 is 11.8 Å². The van der Waals surface area contributed by atoms with Gasteiger partial charge in [0.15, 0.2) is 0 Å². The monoisotopic (exact) mass is 253 g/mol. The van der Waals surface area contributed by atoms with E-state index in [0.717, 1.165) is 18.2 Å². The van der Waals surface area contributed by atoms with Crippen LogP contribution in [0.4, 0.5) is 24.5 Å². The number of anilines is 1. The van der Waals surface area contributed by atoms with Gasteiger partial charge < -0.3 is 5.43 Å². The first-order chi connectivity index (χ1) is 7.33. The molecule has 0 unspecified atom stereocenters. The maximum absolute atomic E-state index is 12.1. The summed E-state index contributed by atoms with van der Waals surface area (Å²) in [7, 11) is 0. The van der Waals surface area contributed by atoms with E-state index in [2.05, 4.69) is 0 Å². The molecule has 0 aromatic heterocycles. The number of thioether (sulfide) groups is 1. The zero-order valence-corrected chi connectivity index (χ0v) is 8.43. The Hall–Kier alpha value is -1.48. The molecule has 1 aromatic rings. The average molecular weight is 253 g/mol. The Bertz CT molecular complexity index is 410. The lowest BCUT2D eigenvalue weighted by molar-refractivity contribution is -0.385. The number of alkyl halides is 3. The highest BCUT2D eigenvalue weighted by Crippen LogP contribution is 2.41. The Morgan fingerprint density at radius 1 is 1.44 bits per heavy atom. The van der Waals surface area contributed by atoms with Crippen molar-refractivity contribution in [2.24, 2.45) is 5.84 Å². The van der Waals surface area contributed by atoms with Gasteiger partial charge in [0.2, 0.25) is 0 Å². The van der Waals surface area contributed by atoms with E-state index >= 15 is 0 Å². The molecule has 0 heterocycles. The maximum atomic E-state index is 12.1. The molecule has 0 spiro atoms. The summed E-state index contributed by atoms with van der Waals surface area (Å²) >= 11 is -0.463. The fraction of sp³-hybridized carbons (Fsp3) is 0.143. The topological polar surface area (TPSA) is 81.2 Å². The SMILES string of the molecule is NNc1ccc([N+](=O)[O-])cc1SC(F)(F)F. The van der Waals surface area contributed by atoms with Crippen molar-refractivity contribution in [3.05, 3.63) is 28.3 Å². The maximum Gasteiger partial charge on any atom is 0.446 e. The van der Waals surface area contributed by atoms with E-state index in [4.69, 9.17) is 5.84 Å². The Kier molecular flexibility index (Phi) is 3.60. The van der Waals surface area contributed by atoms with Crippen LogP contribution in [-0.2, 0) is 0 Å². The lowest BCUT2D eigenvalue weighted by Crippen LogP contribution is -2.09. The Morgan fingerprint density at radius 3 is 2.50 bits per heavy atom. The van der Waals surface area contributed by atoms with Gasteiger partial charge in [-0.2, -0.15) is 13.2 Å². The van der Waals surface area contributed by atoms with E-state index in [9.17, 15) is 23.3 Å². The number of nitro groups is 1. The van der Waals surface area contributed by atoms with Crippen molar-refractivity contribution in [2.75, 3.05) is 5.43 Å². The Balaban J connectivity index is 3.12. The van der Waals surface area contributed by atoms with Gasteiger partial charge in [-0.15, -0.1) is 0 Å². The highest BCUT2D eigenvalue weighted by atomic mass is 32.2. The van der Waals surface area contributed by atoms with Crippen molar-refractivity contribution >= 4 is 23.1 Å². The average Bonchev–Trinajstić information content (AvgIpc) is 2.15. The molecule has 1 aromatic carbocycles. The van der Waals surface area contributed by atoms with Crippen LogP contribution in [0.5, 0.6) is 0 Å². The van der Waals surface area contributed by atoms with E-state index < -0.39 is 27.9 Å². The van der Waals surface area contributed by atoms with E-state index in [0.29, 0.717) is 0 Å². The number of nitrogens with one attached hydrogen (secondary N) is 1. The first-order valence-electron chi connectivity index (χ1n) is 3.84. The van der Waals surface area contributed by atoms with Gasteiger partial charge in [0.25, 0.3) is 5.69 Å². The van der Waals surface area contributed by atoms with E-state index in [-0.39, 0.29) is 10.6 Å². The van der Waals surface area contributed by atoms with Crippen molar-refractivity contribution in [1.82, 2.24) is 0 Å². The van der Waals surface area contributed by atoms with Crippen LogP contribution in [0, 0.1) is 10.1 Å². The summed E-state index contributed by atoms with van der Waals surface area (Å²) in [5.74, 6) is 5.00. The number of nitrogens with zero attached hydrogens (tertiary/aromatic N) is 1. The van der Waals surface area contributed by atoms with Gasteiger partial charge in [-0.1, -0.05) is 0 Å². The summed E-state index contributed by atoms with van der Waals surface area (Å²) in [5, 5.41) is 10.4. The number of benzene rings is 1. The third-order valence-corrected chi connectivity index (χ3v) is 2.35. The normalized spacial score (nSPS) is 11.2. The van der Waals surface area contributed by atoms with E-state index in [1.54, 1.807) is 0 Å². The summed E-state index contributed by atoms with van der Waals surface area (Å²) in [6.45, 7) is 0. The quantitative estimate of drug-likeness (QED) is 0.374. The molecule has 0 aliphatic carbocycles. The lowest BCUT2D eigenvalue weighted by atomic mass is 10.3. The molecule has 0 amide bonds. The zero-order valence-electron chi connectivity index (χ0n) is 7.62. The highest BCUT2D eigenvalue weighted by Gasteiger charge is 2.31. The molecule has 0 aliphatic heterocycles. The molecule has 0 saturated heterocycles. The van der Waals surface area contributed by atoms with Gasteiger partial charge in [-0.3, -0.25) is 16.0 Å². The molecule has 5 nitrogen and oxygen atoms in total. The van der Waals surface area contributed by atoms with Crippen LogP contribution in [0.25, 0.3) is 0 Å². The van der Waals surface area contributed by atoms with E-state index in [1.165, 1.54) is 0 Å². The molecular formula is C7H6F3N3O2S. The molecular weight excluding hydrogens is 247 g/mol. The van der Waals surface area contributed by atoms with Crippen LogP contribution in [0.2, 0.25) is 0 Å². The molecule has 0 saturated carbocycles. The van der Waals surface area contributed by atoms with E-state index in [1.807, 2.05) is 5.43 Å². The van der Waals surface area contributed by atoms with Crippen molar-refractivity contribution in [2.45, 2.75) is 10.4 Å². The minimum Gasteiger partial charge on any atom is -0.323 e. The minimum absolute atomic E-state index is 0.0204. The first-order valence-corrected chi connectivity index (χ1v) is 4.66. The van der Waals surface area contributed by atoms with Gasteiger partial charge in [-0.05, 0) is 17.8 Å². The predicted molar refractivity (Wildman–Crippen MR) is 52.8 cm³/mol. The number of hydrogen-bond donors (Lipinski definition) is 2. The summed E-state index contributed by atoms with van der Waals surface area (Å²) in [6, 6.07) is 3.00. The molecule has 9 heteroatoms. The number of hydrogen-bond acceptors (Lipinski definition) is 5. The smallest absolute Gasteiger partial charge is 0.323 e. The number of nitro benzene ring substituents is 1. The Morgan fingerprint density at radius 2 is 2.06 bits per heavy atom. The van der Waals surface area contributed by atoms with Crippen molar-refractivity contribution < 1.29 is 18.1 Å². The van der Waals surface area contributed by atoms with Gasteiger partial charge in [0.1, 0.15) is 0 Å². The summed E-state index contributed by atoms with van der Waals surface area (Å²) < 4.78 is 36.3. The number of halogens is 3. The third kappa shape index (κ3) is 3.28. The second-order valence-electron chi connectivity index (χ2n) is 2.63. The molecule has 1 rings (SSSR count). The number of nitrogens with two attached hydrogens (primary N) is 1. The van der Waals surface area contributed by atoms with Crippen LogP contribution in [0.15, 0.2) is 23.1 Å². The highest BCUT2D eigenvalue weighted by molar-refractivity contribution is 8.00. The summed E-state index contributed by atoms with van der Waals surface area (Å²) in [6.07, 6.45) is 0. The lowest BCUT2D eigenvalue weighted by Gasteiger charge is -2.09. The van der Waals surface area contributed by atoms with Gasteiger partial charge in [-0.25, -0.2) is 0 Å². The minimum atomic E-state index is -4.53. The molecule has 0 aliphatic rings. The van der Waals surface area contributed by atoms with Gasteiger partial charge in [0.05, 0.1) is 10.6 Å². The molecule has 0 radical (unpaired) electrons. The number of rotatable bonds is 3. The van der Waals surface area contributed by atoms with Crippen LogP contribution in [0.1, 0.15) is 0 Å². The van der Waals surface area contributed by atoms with Crippen LogP contribution < -0.4 is 11.3 Å². The molecule has 0 atom stereocenters. The third-order valence-electron chi connectivity index (χ3n) is 1.56. The van der Waals surface area contributed by atoms with Crippen molar-refractivity contribution in [1.29, 1.82) is 0 Å². The predicted octanol–water partition coefficient (Wildman–Crippen LogP) is 2.49. The number of non-ortho nitro benzene ring substituents is 1. The number of nitrogen functional groups attached to an aromatic ring is 1. The molecule has 0 bridgehead atoms. The summed E-state index contributed by atoms with van der Waals surface area (Å²) in [4.78, 5) is 9.26. The molecule has 16 heavy (non-hydrogen) atoms. The largest absolute Gasteiger partial charge is 0.446 e. The Labute approximate surface area is 91.9 Å². The molecule has 3 N–H and O–H groups in total. The second kappa shape index (κ2) is 4.58. The fourth-order valence-corrected chi connectivity index (χ4v) is 1.62.